The van der Waals surface area contributed by atoms with Crippen LogP contribution >= 0.6 is 0 Å². The second-order valence-electron chi connectivity index (χ2n) is 9.74. The number of aromatic nitrogens is 2. The van der Waals surface area contributed by atoms with Gasteiger partial charge in [0.15, 0.2) is 5.76 Å². The summed E-state index contributed by atoms with van der Waals surface area (Å²) in [4.78, 5) is 27.4. The third kappa shape index (κ3) is 6.27. The number of carbonyl (C=O) groups excluding carboxylic acids is 1. The van der Waals surface area contributed by atoms with Gasteiger partial charge in [0.1, 0.15) is 5.69 Å². The summed E-state index contributed by atoms with van der Waals surface area (Å²) in [6, 6.07) is 31.2. The second kappa shape index (κ2) is 12.4. The lowest BCUT2D eigenvalue weighted by atomic mass is 10.1. The number of likely N-dealkylation sites (N-methyl/N-ethyl adjacent to an activating group) is 2. The number of oxazole rings is 1. The van der Waals surface area contributed by atoms with E-state index in [1.165, 1.54) is 0 Å². The van der Waals surface area contributed by atoms with Crippen LogP contribution in [0, 0.1) is 0 Å². The molecule has 3 aromatic carbocycles. The zero-order valence-corrected chi connectivity index (χ0v) is 23.0. The molecule has 40 heavy (non-hydrogen) atoms. The lowest BCUT2D eigenvalue weighted by molar-refractivity contribution is 0.102. The zero-order valence-electron chi connectivity index (χ0n) is 23.0. The third-order valence-corrected chi connectivity index (χ3v) is 6.65. The highest BCUT2D eigenvalue weighted by molar-refractivity contribution is 6.05. The fourth-order valence-corrected chi connectivity index (χ4v) is 4.46. The third-order valence-electron chi connectivity index (χ3n) is 6.65. The van der Waals surface area contributed by atoms with E-state index in [-0.39, 0.29) is 5.91 Å². The molecule has 0 aliphatic heterocycles. The van der Waals surface area contributed by atoms with Crippen molar-refractivity contribution in [2.45, 2.75) is 6.92 Å². The van der Waals surface area contributed by atoms with Crippen LogP contribution in [-0.2, 0) is 0 Å². The summed E-state index contributed by atoms with van der Waals surface area (Å²) >= 11 is 0. The number of amides is 1. The Morgan fingerprint density at radius 1 is 0.850 bits per heavy atom. The number of hydrogen-bond donors (Lipinski definition) is 1. The van der Waals surface area contributed by atoms with Crippen LogP contribution in [0.15, 0.2) is 108 Å². The molecule has 5 aromatic rings. The van der Waals surface area contributed by atoms with E-state index in [0.717, 1.165) is 42.1 Å². The van der Waals surface area contributed by atoms with Crippen LogP contribution in [0.4, 0.5) is 11.4 Å². The van der Waals surface area contributed by atoms with Gasteiger partial charge < -0.3 is 19.5 Å². The van der Waals surface area contributed by atoms with Crippen LogP contribution in [0.3, 0.4) is 0 Å². The van der Waals surface area contributed by atoms with Gasteiger partial charge in [-0.2, -0.15) is 0 Å². The summed E-state index contributed by atoms with van der Waals surface area (Å²) in [5.74, 6) is 0.795. The van der Waals surface area contributed by atoms with E-state index >= 15 is 0 Å². The van der Waals surface area contributed by atoms with Gasteiger partial charge in [-0.1, -0.05) is 72.8 Å². The minimum Gasteiger partial charge on any atom is -0.436 e. The van der Waals surface area contributed by atoms with Gasteiger partial charge in [0.25, 0.3) is 5.91 Å². The molecule has 5 rings (SSSR count). The maximum absolute atomic E-state index is 13.7. The van der Waals surface area contributed by atoms with E-state index in [9.17, 15) is 4.79 Å². The summed E-state index contributed by atoms with van der Waals surface area (Å²) in [5, 5.41) is 3.06. The number of anilines is 2. The quantitative estimate of drug-likeness (QED) is 0.216. The van der Waals surface area contributed by atoms with E-state index in [4.69, 9.17) is 9.40 Å². The molecule has 202 valence electrons. The average Bonchev–Trinajstić information content (AvgIpc) is 3.49. The van der Waals surface area contributed by atoms with Gasteiger partial charge in [-0.25, -0.2) is 9.97 Å². The Hall–Kier alpha value is -4.75. The van der Waals surface area contributed by atoms with Crippen molar-refractivity contribution in [3.8, 4) is 34.0 Å². The first-order valence-electron chi connectivity index (χ1n) is 13.4. The van der Waals surface area contributed by atoms with Crippen molar-refractivity contribution in [1.29, 1.82) is 0 Å². The molecule has 2 heterocycles. The Balaban J connectivity index is 1.47. The maximum atomic E-state index is 13.7. The predicted octanol–water partition coefficient (Wildman–Crippen LogP) is 6.71. The molecule has 0 fully saturated rings. The molecule has 0 bridgehead atoms. The van der Waals surface area contributed by atoms with Crippen LogP contribution in [0.1, 0.15) is 17.4 Å². The van der Waals surface area contributed by atoms with E-state index in [1.807, 2.05) is 91.0 Å². The number of pyridine rings is 1. The highest BCUT2D eigenvalue weighted by Gasteiger charge is 2.18. The normalized spacial score (nSPS) is 11.0. The fraction of sp³-hybridized carbons (Fsp3) is 0.182. The van der Waals surface area contributed by atoms with Gasteiger partial charge in [0.2, 0.25) is 5.89 Å². The smallest absolute Gasteiger partial charge is 0.274 e. The molecule has 0 aliphatic carbocycles. The van der Waals surface area contributed by atoms with Crippen molar-refractivity contribution >= 4 is 17.3 Å². The number of nitrogens with one attached hydrogen (secondary N) is 1. The predicted molar refractivity (Wildman–Crippen MR) is 161 cm³/mol. The number of nitrogens with zero attached hydrogens (tertiary/aromatic N) is 4. The van der Waals surface area contributed by atoms with Gasteiger partial charge in [0.05, 0.1) is 23.1 Å². The Bertz CT molecular complexity index is 1560. The van der Waals surface area contributed by atoms with Gasteiger partial charge >= 0.3 is 0 Å². The lowest BCUT2D eigenvalue weighted by Gasteiger charge is -2.26. The monoisotopic (exact) mass is 531 g/mol. The molecular formula is C33H33N5O2. The standard InChI is InChI=1S/C33H33N5O2/c1-4-38(20-19-37(2)3)26-21-29(24-13-7-5-8-14-24)35-30(22-26)32(39)36-28-18-12-11-17-27(28)33-34-23-31(40-33)25-15-9-6-10-16-25/h5-18,21-23H,4,19-20H2,1-3H3,(H,36,39). The Labute approximate surface area is 235 Å². The summed E-state index contributed by atoms with van der Waals surface area (Å²) in [5.41, 5.74) is 5.23. The first-order chi connectivity index (χ1) is 19.5. The first-order valence-corrected chi connectivity index (χ1v) is 13.4. The van der Waals surface area contributed by atoms with Crippen molar-refractivity contribution in [3.05, 3.63) is 109 Å². The van der Waals surface area contributed by atoms with Crippen molar-refractivity contribution in [2.75, 3.05) is 43.9 Å². The molecule has 0 unspecified atom stereocenters. The Kier molecular flexibility index (Phi) is 8.32. The molecule has 7 heteroatoms. The highest BCUT2D eigenvalue weighted by Crippen LogP contribution is 2.31. The zero-order chi connectivity index (χ0) is 27.9. The van der Waals surface area contributed by atoms with E-state index in [1.54, 1.807) is 6.20 Å². The minimum absolute atomic E-state index is 0.301. The Morgan fingerprint density at radius 2 is 1.52 bits per heavy atom. The fourth-order valence-electron chi connectivity index (χ4n) is 4.46. The van der Waals surface area contributed by atoms with Crippen LogP contribution in [0.5, 0.6) is 0 Å². The van der Waals surface area contributed by atoms with Crippen molar-refractivity contribution in [2.24, 2.45) is 0 Å². The molecule has 1 amide bonds. The molecule has 1 N–H and O–H groups in total. The molecule has 0 saturated carbocycles. The Morgan fingerprint density at radius 3 is 2.23 bits per heavy atom. The summed E-state index contributed by atoms with van der Waals surface area (Å²) in [6.07, 6.45) is 1.70. The number of benzene rings is 3. The van der Waals surface area contributed by atoms with Crippen LogP contribution in [0.2, 0.25) is 0 Å². The molecule has 0 atom stereocenters. The lowest BCUT2D eigenvalue weighted by Crippen LogP contribution is -2.32. The average molecular weight is 532 g/mol. The van der Waals surface area contributed by atoms with Crippen LogP contribution in [-0.4, -0.2) is 54.5 Å². The number of rotatable bonds is 10. The molecule has 2 aromatic heterocycles. The molecule has 0 saturated heterocycles. The summed E-state index contributed by atoms with van der Waals surface area (Å²) in [7, 11) is 4.12. The van der Waals surface area contributed by atoms with Gasteiger partial charge in [-0.15, -0.1) is 0 Å². The van der Waals surface area contributed by atoms with Gasteiger partial charge in [-0.3, -0.25) is 4.79 Å². The number of para-hydroxylation sites is 1. The van der Waals surface area contributed by atoms with E-state index in [2.05, 4.69) is 47.2 Å². The number of carbonyl (C=O) groups is 1. The van der Waals surface area contributed by atoms with Crippen molar-refractivity contribution in [1.82, 2.24) is 14.9 Å². The van der Waals surface area contributed by atoms with Crippen LogP contribution < -0.4 is 10.2 Å². The topological polar surface area (TPSA) is 74.5 Å². The van der Waals surface area contributed by atoms with Crippen molar-refractivity contribution in [3.63, 3.8) is 0 Å². The molecular weight excluding hydrogens is 498 g/mol. The summed E-state index contributed by atoms with van der Waals surface area (Å²) in [6.45, 7) is 4.66. The van der Waals surface area contributed by atoms with E-state index < -0.39 is 0 Å². The van der Waals surface area contributed by atoms with Gasteiger partial charge in [0, 0.05) is 36.4 Å². The molecule has 0 radical (unpaired) electrons. The largest absolute Gasteiger partial charge is 0.436 e. The van der Waals surface area contributed by atoms with Crippen LogP contribution in [0.25, 0.3) is 34.0 Å². The second-order valence-corrected chi connectivity index (χ2v) is 9.74. The molecule has 0 aliphatic rings. The van der Waals surface area contributed by atoms with Gasteiger partial charge in [-0.05, 0) is 45.3 Å². The highest BCUT2D eigenvalue weighted by atomic mass is 16.4. The molecule has 7 nitrogen and oxygen atoms in total. The summed E-state index contributed by atoms with van der Waals surface area (Å²) < 4.78 is 6.08. The minimum atomic E-state index is -0.301. The van der Waals surface area contributed by atoms with Crippen molar-refractivity contribution < 1.29 is 9.21 Å². The number of hydrogen-bond acceptors (Lipinski definition) is 6. The molecule has 0 spiro atoms. The maximum Gasteiger partial charge on any atom is 0.274 e. The first kappa shape index (κ1) is 26.8. The SMILES string of the molecule is CCN(CCN(C)C)c1cc(C(=O)Nc2ccccc2-c2ncc(-c3ccccc3)o2)nc(-c2ccccc2)c1. The van der Waals surface area contributed by atoms with E-state index in [0.29, 0.717) is 28.6 Å².